The molecule has 5 aliphatic rings. The molecule has 0 aliphatic carbocycles. The van der Waals surface area contributed by atoms with Crippen LogP contribution in [0.25, 0.3) is 0 Å². The topological polar surface area (TPSA) is 76.2 Å². The summed E-state index contributed by atoms with van der Waals surface area (Å²) in [5, 5.41) is 2.38. The molecule has 8 heteroatoms. The van der Waals surface area contributed by atoms with Crippen LogP contribution in [0.15, 0.2) is 42.5 Å². The average Bonchev–Trinajstić information content (AvgIpc) is 3.25. The Hall–Kier alpha value is -3.39. The highest BCUT2D eigenvalue weighted by Gasteiger charge is 2.55. The fourth-order valence-corrected chi connectivity index (χ4v) is 7.26. The van der Waals surface area contributed by atoms with Crippen molar-refractivity contribution in [2.75, 3.05) is 42.5 Å². The van der Waals surface area contributed by atoms with E-state index in [1.54, 1.807) is 4.90 Å². The van der Waals surface area contributed by atoms with Crippen molar-refractivity contribution in [3.8, 4) is 0 Å². The number of hydrogen-bond acceptors (Lipinski definition) is 6. The second kappa shape index (κ2) is 10.5. The van der Waals surface area contributed by atoms with Crippen LogP contribution in [0.2, 0.25) is 0 Å². The van der Waals surface area contributed by atoms with Crippen LogP contribution in [0, 0.1) is 6.92 Å². The van der Waals surface area contributed by atoms with Crippen LogP contribution in [-0.2, 0) is 16.1 Å². The number of nitrogens with one attached hydrogen (secondary N) is 1. The van der Waals surface area contributed by atoms with Crippen molar-refractivity contribution in [1.82, 2.24) is 15.1 Å². The smallest absolute Gasteiger partial charge is 0.255 e. The van der Waals surface area contributed by atoms with Crippen molar-refractivity contribution in [3.63, 3.8) is 0 Å². The molecule has 0 saturated carbocycles. The molecule has 3 amide bonds. The number of anilines is 2. The Kier molecular flexibility index (Phi) is 7.07. The lowest BCUT2D eigenvalue weighted by Gasteiger charge is -2.66. The molecule has 1 unspecified atom stereocenters. The van der Waals surface area contributed by atoms with Gasteiger partial charge in [0.1, 0.15) is 6.04 Å². The van der Waals surface area contributed by atoms with Crippen LogP contribution in [-0.4, -0.2) is 77.9 Å². The summed E-state index contributed by atoms with van der Waals surface area (Å²) in [7, 11) is 0. The van der Waals surface area contributed by atoms with Crippen molar-refractivity contribution < 1.29 is 14.4 Å². The van der Waals surface area contributed by atoms with E-state index in [1.807, 2.05) is 19.9 Å². The van der Waals surface area contributed by atoms with E-state index < -0.39 is 6.04 Å². The van der Waals surface area contributed by atoms with Crippen molar-refractivity contribution in [3.05, 3.63) is 59.2 Å². The first kappa shape index (κ1) is 26.8. The van der Waals surface area contributed by atoms with Gasteiger partial charge in [-0.15, -0.1) is 0 Å². The molecule has 7 rings (SSSR count). The number of rotatable bonds is 4. The summed E-state index contributed by atoms with van der Waals surface area (Å²) in [6.07, 6.45) is 4.29. The monoisotopic (exact) mass is 543 g/mol. The molecular weight excluding hydrogens is 502 g/mol. The Balaban J connectivity index is 0.00000142. The Bertz CT molecular complexity index is 1290. The van der Waals surface area contributed by atoms with Gasteiger partial charge in [-0.05, 0) is 68.5 Å². The van der Waals surface area contributed by atoms with Crippen LogP contribution in [0.4, 0.5) is 11.4 Å². The Morgan fingerprint density at radius 2 is 1.55 bits per heavy atom. The first-order valence-corrected chi connectivity index (χ1v) is 15.0. The molecule has 5 heterocycles. The van der Waals surface area contributed by atoms with E-state index in [-0.39, 0.29) is 24.1 Å². The predicted octanol–water partition coefficient (Wildman–Crippen LogP) is 3.72. The zero-order chi connectivity index (χ0) is 28.0. The van der Waals surface area contributed by atoms with E-state index in [4.69, 9.17) is 0 Å². The van der Waals surface area contributed by atoms with E-state index in [0.29, 0.717) is 30.1 Å². The van der Waals surface area contributed by atoms with Crippen LogP contribution >= 0.6 is 0 Å². The minimum absolute atomic E-state index is 0.108. The van der Waals surface area contributed by atoms with Gasteiger partial charge in [0.05, 0.1) is 5.54 Å². The van der Waals surface area contributed by atoms with Crippen molar-refractivity contribution >= 4 is 29.1 Å². The molecule has 212 valence electrons. The highest BCUT2D eigenvalue weighted by Crippen LogP contribution is 2.44. The number of amides is 3. The molecule has 0 radical (unpaired) electrons. The summed E-state index contributed by atoms with van der Waals surface area (Å²) in [6, 6.07) is 15.1. The standard InChI is InChI=1S/C30H35N5O3.C2H6/c1-20-2-4-22(5-3-20)33-18-30(19-33)12-15-35(30)23-10-13-32(14-11-23)24-6-7-25-21(16-24)17-34(29(25)38)26-8-9-27(36)31-28(26)37;1-2/h2-7,16,23,26H,8-15,17-19H2,1H3,(H,31,36,37);1-2H3. The van der Waals surface area contributed by atoms with Crippen molar-refractivity contribution in [2.24, 2.45) is 0 Å². The summed E-state index contributed by atoms with van der Waals surface area (Å²) < 4.78 is 0. The van der Waals surface area contributed by atoms with Gasteiger partial charge in [0.25, 0.3) is 5.91 Å². The molecule has 40 heavy (non-hydrogen) atoms. The molecule has 0 aromatic heterocycles. The van der Waals surface area contributed by atoms with Gasteiger partial charge in [-0.2, -0.15) is 0 Å². The van der Waals surface area contributed by atoms with Gasteiger partial charge >= 0.3 is 0 Å². The number of fused-ring (bicyclic) bond motifs is 1. The summed E-state index contributed by atoms with van der Waals surface area (Å²) in [5.74, 6) is -0.726. The van der Waals surface area contributed by atoms with Crippen LogP contribution in [0.5, 0.6) is 0 Å². The van der Waals surface area contributed by atoms with E-state index in [0.717, 1.165) is 50.3 Å². The molecule has 0 bridgehead atoms. The molecule has 8 nitrogen and oxygen atoms in total. The molecule has 1 atom stereocenters. The van der Waals surface area contributed by atoms with E-state index in [2.05, 4.69) is 63.3 Å². The number of nitrogens with zero attached hydrogens (tertiary/aromatic N) is 4. The number of imide groups is 1. The molecule has 5 aliphatic heterocycles. The zero-order valence-electron chi connectivity index (χ0n) is 24.0. The van der Waals surface area contributed by atoms with Gasteiger partial charge in [0.15, 0.2) is 0 Å². The lowest BCUT2D eigenvalue weighted by molar-refractivity contribution is -0.136. The summed E-state index contributed by atoms with van der Waals surface area (Å²) >= 11 is 0. The maximum atomic E-state index is 13.0. The maximum Gasteiger partial charge on any atom is 0.255 e. The number of carbonyl (C=O) groups is 3. The van der Waals surface area contributed by atoms with E-state index in [1.165, 1.54) is 24.2 Å². The predicted molar refractivity (Wildman–Crippen MR) is 157 cm³/mol. The normalized spacial score (nSPS) is 24.2. The summed E-state index contributed by atoms with van der Waals surface area (Å²) in [5.41, 5.74) is 5.83. The second-order valence-electron chi connectivity index (χ2n) is 11.8. The minimum atomic E-state index is -0.566. The molecule has 1 N–H and O–H groups in total. The zero-order valence-corrected chi connectivity index (χ0v) is 24.0. The first-order valence-electron chi connectivity index (χ1n) is 15.0. The van der Waals surface area contributed by atoms with E-state index in [9.17, 15) is 14.4 Å². The van der Waals surface area contributed by atoms with Gasteiger partial charge in [-0.1, -0.05) is 31.5 Å². The largest absolute Gasteiger partial charge is 0.371 e. The fourth-order valence-electron chi connectivity index (χ4n) is 7.26. The van der Waals surface area contributed by atoms with Crippen LogP contribution in [0.3, 0.4) is 0 Å². The van der Waals surface area contributed by atoms with Crippen LogP contribution in [0.1, 0.15) is 67.4 Å². The number of piperidine rings is 2. The summed E-state index contributed by atoms with van der Waals surface area (Å²) in [6.45, 7) is 12.1. The van der Waals surface area contributed by atoms with E-state index >= 15 is 0 Å². The number of benzene rings is 2. The first-order chi connectivity index (χ1) is 19.4. The minimum Gasteiger partial charge on any atom is -0.371 e. The van der Waals surface area contributed by atoms with Gasteiger partial charge < -0.3 is 14.7 Å². The second-order valence-corrected chi connectivity index (χ2v) is 11.8. The fraction of sp³-hybridized carbons (Fsp3) is 0.531. The van der Waals surface area contributed by atoms with Gasteiger partial charge in [0.2, 0.25) is 11.8 Å². The SMILES string of the molecule is CC.Cc1ccc(N2CC3(CCN3C3CCN(c4ccc5c(c4)CN(C4CCC(=O)NC4=O)C5=O)CC3)C2)cc1. The lowest BCUT2D eigenvalue weighted by Crippen LogP contribution is -2.79. The third-order valence-electron chi connectivity index (χ3n) is 9.57. The molecular formula is C32H41N5O3. The van der Waals surface area contributed by atoms with Crippen molar-refractivity contribution in [1.29, 1.82) is 0 Å². The number of aryl methyl sites for hydroxylation is 1. The Labute approximate surface area is 237 Å². The molecule has 4 saturated heterocycles. The third-order valence-corrected chi connectivity index (χ3v) is 9.57. The van der Waals surface area contributed by atoms with Crippen LogP contribution < -0.4 is 15.1 Å². The lowest BCUT2D eigenvalue weighted by atomic mass is 9.75. The molecule has 4 fully saturated rings. The number of likely N-dealkylation sites (tertiary alicyclic amines) is 1. The Morgan fingerprint density at radius 3 is 2.20 bits per heavy atom. The summed E-state index contributed by atoms with van der Waals surface area (Å²) in [4.78, 5) is 46.3. The quantitative estimate of drug-likeness (QED) is 0.593. The van der Waals surface area contributed by atoms with Gasteiger partial charge in [-0.25, -0.2) is 0 Å². The van der Waals surface area contributed by atoms with Gasteiger partial charge in [-0.3, -0.25) is 24.6 Å². The molecule has 1 spiro atoms. The highest BCUT2D eigenvalue weighted by atomic mass is 16.2. The van der Waals surface area contributed by atoms with Crippen molar-refractivity contribution in [2.45, 2.75) is 77.0 Å². The number of hydrogen-bond donors (Lipinski definition) is 1. The average molecular weight is 544 g/mol. The molecule has 2 aromatic rings. The Morgan fingerprint density at radius 1 is 0.850 bits per heavy atom. The maximum absolute atomic E-state index is 13.0. The number of carbonyl (C=O) groups excluding carboxylic acids is 3. The molecule has 2 aromatic carbocycles. The van der Waals surface area contributed by atoms with Gasteiger partial charge in [0, 0.05) is 68.7 Å². The third kappa shape index (κ3) is 4.56. The highest BCUT2D eigenvalue weighted by molar-refractivity contribution is 6.05.